The monoisotopic (exact) mass is 214 g/mol. The van der Waals surface area contributed by atoms with E-state index >= 15 is 0 Å². The van der Waals surface area contributed by atoms with Crippen LogP contribution >= 0.6 is 0 Å². The van der Waals surface area contributed by atoms with Crippen molar-refractivity contribution in [2.24, 2.45) is 0 Å². The highest BCUT2D eigenvalue weighted by Crippen LogP contribution is 2.15. The Morgan fingerprint density at radius 2 is 2.12 bits per heavy atom. The molecule has 1 aromatic rings. The minimum Gasteiger partial charge on any atom is -0.374 e. The topological polar surface area (TPSA) is 15.3 Å². The lowest BCUT2D eigenvalue weighted by molar-refractivity contribution is 0.331. The number of anilines is 1. The van der Waals surface area contributed by atoms with Gasteiger partial charge in [0, 0.05) is 12.2 Å². The van der Waals surface area contributed by atoms with E-state index in [0.29, 0.717) is 6.54 Å². The molecule has 2 rings (SSSR count). The van der Waals surface area contributed by atoms with Gasteiger partial charge in [-0.25, -0.2) is 0 Å². The molecule has 1 heterocycles. The van der Waals surface area contributed by atoms with Crippen LogP contribution in [0.2, 0.25) is 0 Å². The second-order valence-corrected chi connectivity index (χ2v) is 4.24. The summed E-state index contributed by atoms with van der Waals surface area (Å²) in [5.74, 6) is 2.59. The van der Waals surface area contributed by atoms with Gasteiger partial charge in [0.05, 0.1) is 6.54 Å². The first-order valence-corrected chi connectivity index (χ1v) is 5.87. The van der Waals surface area contributed by atoms with Crippen LogP contribution in [0.15, 0.2) is 24.3 Å². The minimum absolute atomic E-state index is 0.590. The number of rotatable bonds is 4. The average Bonchev–Trinajstić information content (AvgIpc) is 2.80. The molecule has 16 heavy (non-hydrogen) atoms. The van der Waals surface area contributed by atoms with Crippen LogP contribution in [0.5, 0.6) is 0 Å². The smallest absolute Gasteiger partial charge is 0.0763 e. The first-order chi connectivity index (χ1) is 7.88. The van der Waals surface area contributed by atoms with Crippen molar-refractivity contribution in [1.82, 2.24) is 4.90 Å². The van der Waals surface area contributed by atoms with Gasteiger partial charge in [-0.2, -0.15) is 0 Å². The summed E-state index contributed by atoms with van der Waals surface area (Å²) in [6.07, 6.45) is 7.91. The van der Waals surface area contributed by atoms with Crippen LogP contribution in [-0.4, -0.2) is 24.5 Å². The summed E-state index contributed by atoms with van der Waals surface area (Å²) in [6, 6.07) is 8.52. The van der Waals surface area contributed by atoms with Crippen molar-refractivity contribution in [3.05, 3.63) is 29.8 Å². The standard InChI is InChI=1S/C14H18N2/c1-2-8-15-14-7-5-6-13(11-14)12-16-9-3-4-10-16/h1,5-7,11,15H,3-4,8-10,12H2. The Morgan fingerprint density at radius 3 is 2.88 bits per heavy atom. The number of nitrogens with zero attached hydrogens (tertiary/aromatic N) is 1. The van der Waals surface area contributed by atoms with Gasteiger partial charge in [-0.1, -0.05) is 18.1 Å². The Kier molecular flexibility index (Phi) is 3.85. The SMILES string of the molecule is C#CCNc1cccc(CN2CCCC2)c1. The zero-order valence-electron chi connectivity index (χ0n) is 9.58. The van der Waals surface area contributed by atoms with E-state index in [2.05, 4.69) is 40.4 Å². The van der Waals surface area contributed by atoms with E-state index in [-0.39, 0.29) is 0 Å². The predicted molar refractivity (Wildman–Crippen MR) is 68.3 cm³/mol. The third-order valence-corrected chi connectivity index (χ3v) is 2.93. The first-order valence-electron chi connectivity index (χ1n) is 5.87. The summed E-state index contributed by atoms with van der Waals surface area (Å²) >= 11 is 0. The van der Waals surface area contributed by atoms with Crippen molar-refractivity contribution in [2.45, 2.75) is 19.4 Å². The summed E-state index contributed by atoms with van der Waals surface area (Å²) in [7, 11) is 0. The molecule has 0 amide bonds. The summed E-state index contributed by atoms with van der Waals surface area (Å²) in [6.45, 7) is 4.13. The lowest BCUT2D eigenvalue weighted by Gasteiger charge is -2.15. The first kappa shape index (κ1) is 11.0. The number of hydrogen-bond donors (Lipinski definition) is 1. The molecule has 1 N–H and O–H groups in total. The Bertz CT molecular complexity index is 373. The molecule has 84 valence electrons. The van der Waals surface area contributed by atoms with Crippen molar-refractivity contribution in [3.8, 4) is 12.3 Å². The molecule has 0 aromatic heterocycles. The van der Waals surface area contributed by atoms with Crippen molar-refractivity contribution >= 4 is 5.69 Å². The number of likely N-dealkylation sites (tertiary alicyclic amines) is 1. The Balaban J connectivity index is 1.95. The molecule has 1 saturated heterocycles. The Hall–Kier alpha value is -1.46. The second-order valence-electron chi connectivity index (χ2n) is 4.24. The number of terminal acetylenes is 1. The Morgan fingerprint density at radius 1 is 1.31 bits per heavy atom. The number of hydrogen-bond acceptors (Lipinski definition) is 2. The molecular formula is C14H18N2. The highest BCUT2D eigenvalue weighted by atomic mass is 15.1. The van der Waals surface area contributed by atoms with Crippen LogP contribution in [0.4, 0.5) is 5.69 Å². The lowest BCUT2D eigenvalue weighted by atomic mass is 10.2. The van der Waals surface area contributed by atoms with Crippen molar-refractivity contribution in [2.75, 3.05) is 25.0 Å². The van der Waals surface area contributed by atoms with Gasteiger partial charge >= 0.3 is 0 Å². The fraction of sp³-hybridized carbons (Fsp3) is 0.429. The fourth-order valence-electron chi connectivity index (χ4n) is 2.13. The van der Waals surface area contributed by atoms with Crippen molar-refractivity contribution < 1.29 is 0 Å². The van der Waals surface area contributed by atoms with E-state index in [0.717, 1.165) is 12.2 Å². The zero-order chi connectivity index (χ0) is 11.2. The molecule has 0 aliphatic carbocycles. The maximum absolute atomic E-state index is 5.23. The molecule has 0 atom stereocenters. The maximum atomic E-state index is 5.23. The van der Waals surface area contributed by atoms with Gasteiger partial charge in [0.25, 0.3) is 0 Å². The van der Waals surface area contributed by atoms with Gasteiger partial charge in [0.15, 0.2) is 0 Å². The minimum atomic E-state index is 0.590. The molecular weight excluding hydrogens is 196 g/mol. The molecule has 2 nitrogen and oxygen atoms in total. The van der Waals surface area contributed by atoms with E-state index < -0.39 is 0 Å². The quantitative estimate of drug-likeness (QED) is 0.774. The molecule has 0 bridgehead atoms. The molecule has 0 spiro atoms. The van der Waals surface area contributed by atoms with Gasteiger partial charge in [-0.15, -0.1) is 6.42 Å². The molecule has 0 saturated carbocycles. The molecule has 1 aromatic carbocycles. The largest absolute Gasteiger partial charge is 0.374 e. The number of nitrogens with one attached hydrogen (secondary N) is 1. The predicted octanol–water partition coefficient (Wildman–Crippen LogP) is 2.33. The average molecular weight is 214 g/mol. The van der Waals surface area contributed by atoms with Gasteiger partial charge < -0.3 is 5.32 Å². The molecule has 1 fully saturated rings. The number of benzene rings is 1. The third-order valence-electron chi connectivity index (χ3n) is 2.93. The molecule has 0 unspecified atom stereocenters. The molecule has 0 radical (unpaired) electrons. The van der Waals surface area contributed by atoms with Gasteiger partial charge in [-0.05, 0) is 43.6 Å². The van der Waals surface area contributed by atoms with E-state index in [9.17, 15) is 0 Å². The summed E-state index contributed by atoms with van der Waals surface area (Å²) < 4.78 is 0. The van der Waals surface area contributed by atoms with Crippen molar-refractivity contribution in [1.29, 1.82) is 0 Å². The van der Waals surface area contributed by atoms with E-state index in [1.54, 1.807) is 0 Å². The highest BCUT2D eigenvalue weighted by molar-refractivity contribution is 5.46. The molecule has 2 heteroatoms. The van der Waals surface area contributed by atoms with E-state index in [1.807, 2.05) is 0 Å². The lowest BCUT2D eigenvalue weighted by Crippen LogP contribution is -2.18. The zero-order valence-corrected chi connectivity index (χ0v) is 9.58. The maximum Gasteiger partial charge on any atom is 0.0763 e. The van der Waals surface area contributed by atoms with E-state index in [4.69, 9.17) is 6.42 Å². The van der Waals surface area contributed by atoms with E-state index in [1.165, 1.54) is 31.5 Å². The van der Waals surface area contributed by atoms with Gasteiger partial charge in [-0.3, -0.25) is 4.90 Å². The van der Waals surface area contributed by atoms with Crippen LogP contribution in [0.3, 0.4) is 0 Å². The van der Waals surface area contributed by atoms with Crippen LogP contribution < -0.4 is 5.32 Å². The van der Waals surface area contributed by atoms with Crippen LogP contribution in [0.25, 0.3) is 0 Å². The summed E-state index contributed by atoms with van der Waals surface area (Å²) in [4.78, 5) is 2.50. The fourth-order valence-corrected chi connectivity index (χ4v) is 2.13. The third kappa shape index (κ3) is 3.01. The van der Waals surface area contributed by atoms with Crippen LogP contribution in [0.1, 0.15) is 18.4 Å². The highest BCUT2D eigenvalue weighted by Gasteiger charge is 2.11. The van der Waals surface area contributed by atoms with Crippen LogP contribution in [-0.2, 0) is 6.54 Å². The normalized spacial score (nSPS) is 15.9. The van der Waals surface area contributed by atoms with Crippen LogP contribution in [0, 0.1) is 12.3 Å². The van der Waals surface area contributed by atoms with Gasteiger partial charge in [0.2, 0.25) is 0 Å². The summed E-state index contributed by atoms with van der Waals surface area (Å²) in [5.41, 5.74) is 2.48. The van der Waals surface area contributed by atoms with Gasteiger partial charge in [0.1, 0.15) is 0 Å². The molecule has 1 aliphatic heterocycles. The summed E-state index contributed by atoms with van der Waals surface area (Å²) in [5, 5.41) is 3.20. The Labute approximate surface area is 97.7 Å². The van der Waals surface area contributed by atoms with Crippen molar-refractivity contribution in [3.63, 3.8) is 0 Å². The second kappa shape index (κ2) is 5.58. The molecule has 1 aliphatic rings.